The van der Waals surface area contributed by atoms with E-state index < -0.39 is 35.9 Å². The Labute approximate surface area is 236 Å². The van der Waals surface area contributed by atoms with E-state index in [-0.39, 0.29) is 35.8 Å². The number of pyridine rings is 1. The largest absolute Gasteiger partial charge is 0.497 e. The minimum atomic E-state index is -1.35. The van der Waals surface area contributed by atoms with Crippen molar-refractivity contribution >= 4 is 35.3 Å². The lowest BCUT2D eigenvalue weighted by atomic mass is 10.0. The van der Waals surface area contributed by atoms with Crippen LogP contribution in [-0.4, -0.2) is 69.9 Å². The van der Waals surface area contributed by atoms with E-state index in [4.69, 9.17) is 16.3 Å². The fourth-order valence-corrected chi connectivity index (χ4v) is 4.79. The van der Waals surface area contributed by atoms with Gasteiger partial charge >= 0.3 is 5.97 Å². The summed E-state index contributed by atoms with van der Waals surface area (Å²) in [5.41, 5.74) is 1.96. The van der Waals surface area contributed by atoms with Crippen molar-refractivity contribution in [1.29, 1.82) is 0 Å². The molecule has 0 spiro atoms. The predicted molar refractivity (Wildman–Crippen MR) is 147 cm³/mol. The quantitative estimate of drug-likeness (QED) is 0.399. The lowest BCUT2D eigenvalue weighted by Gasteiger charge is -2.43. The molecule has 0 aliphatic carbocycles. The normalized spacial score (nSPS) is 15.7. The molecule has 2 N–H and O–H groups in total. The summed E-state index contributed by atoms with van der Waals surface area (Å²) in [5.74, 6) is -2.32. The summed E-state index contributed by atoms with van der Waals surface area (Å²) in [6, 6.07) is 15.7. The Bertz CT molecular complexity index is 1410. The maximum atomic E-state index is 14.0. The third kappa shape index (κ3) is 6.58. The van der Waals surface area contributed by atoms with Gasteiger partial charge in [-0.1, -0.05) is 47.5 Å². The molecule has 208 valence electrons. The van der Waals surface area contributed by atoms with Crippen LogP contribution in [0.5, 0.6) is 5.75 Å². The van der Waals surface area contributed by atoms with Gasteiger partial charge in [-0.3, -0.25) is 19.2 Å². The molecule has 2 aromatic carbocycles. The first-order valence-electron chi connectivity index (χ1n) is 12.6. The highest BCUT2D eigenvalue weighted by Gasteiger charge is 2.41. The van der Waals surface area contributed by atoms with E-state index in [1.165, 1.54) is 35.2 Å². The zero-order valence-corrected chi connectivity index (χ0v) is 22.8. The van der Waals surface area contributed by atoms with E-state index in [0.29, 0.717) is 17.7 Å². The number of carboxylic acid groups (broad SMARTS) is 1. The number of aromatic nitrogens is 1. The molecule has 0 saturated carbocycles. The minimum Gasteiger partial charge on any atom is -0.497 e. The van der Waals surface area contributed by atoms with Gasteiger partial charge in [0.15, 0.2) is 6.17 Å². The molecule has 1 saturated heterocycles. The Balaban J connectivity index is 1.72. The number of ether oxygens (including phenoxy) is 1. The van der Waals surface area contributed by atoms with Gasteiger partial charge in [0.2, 0.25) is 0 Å². The molecule has 2 atom stereocenters. The fourth-order valence-electron chi connectivity index (χ4n) is 4.68. The van der Waals surface area contributed by atoms with Crippen molar-refractivity contribution in [3.05, 3.63) is 94.3 Å². The molecule has 3 amide bonds. The number of hydrogen-bond acceptors (Lipinski definition) is 6. The van der Waals surface area contributed by atoms with Gasteiger partial charge in [0.25, 0.3) is 17.7 Å². The van der Waals surface area contributed by atoms with E-state index in [1.807, 2.05) is 13.0 Å². The lowest BCUT2D eigenvalue weighted by Crippen LogP contribution is -2.63. The Morgan fingerprint density at radius 1 is 1.02 bits per heavy atom. The molecule has 1 aliphatic rings. The lowest BCUT2D eigenvalue weighted by molar-refractivity contribution is -0.138. The number of carbonyl (C=O) groups is 4. The maximum Gasteiger partial charge on any atom is 0.305 e. The van der Waals surface area contributed by atoms with Crippen LogP contribution in [-0.2, 0) is 9.59 Å². The van der Waals surface area contributed by atoms with E-state index in [1.54, 1.807) is 42.5 Å². The number of nitrogens with zero attached hydrogens (tertiary/aromatic N) is 3. The molecule has 1 fully saturated rings. The van der Waals surface area contributed by atoms with Crippen molar-refractivity contribution in [3.8, 4) is 5.75 Å². The number of carbonyl (C=O) groups excluding carboxylic acids is 3. The molecule has 2 heterocycles. The Morgan fingerprint density at radius 3 is 2.35 bits per heavy atom. The van der Waals surface area contributed by atoms with Gasteiger partial charge in [0.1, 0.15) is 10.9 Å². The van der Waals surface area contributed by atoms with Crippen molar-refractivity contribution < 1.29 is 29.0 Å². The highest BCUT2D eigenvalue weighted by Crippen LogP contribution is 2.25. The first kappa shape index (κ1) is 28.6. The number of amides is 3. The maximum absolute atomic E-state index is 14.0. The zero-order chi connectivity index (χ0) is 28.8. The SMILES string of the molecule is COc1cccc(C(=O)N2CCCN(C(=O)c3ccc(Cl)nc3)C2C(=O)NC(CC(=O)O)c2cccc(C)c2)c1. The van der Waals surface area contributed by atoms with Crippen LogP contribution in [0.1, 0.15) is 50.7 Å². The molecular weight excluding hydrogens is 536 g/mol. The molecule has 4 rings (SSSR count). The van der Waals surface area contributed by atoms with Crippen molar-refractivity contribution in [2.45, 2.75) is 32.0 Å². The summed E-state index contributed by atoms with van der Waals surface area (Å²) in [5, 5.41) is 12.6. The predicted octanol–water partition coefficient (Wildman–Crippen LogP) is 3.70. The first-order valence-corrected chi connectivity index (χ1v) is 13.0. The van der Waals surface area contributed by atoms with Crippen LogP contribution in [0.4, 0.5) is 0 Å². The molecule has 40 heavy (non-hydrogen) atoms. The monoisotopic (exact) mass is 564 g/mol. The second-order valence-electron chi connectivity index (χ2n) is 9.40. The number of benzene rings is 2. The first-order chi connectivity index (χ1) is 19.2. The van der Waals surface area contributed by atoms with Gasteiger partial charge in [0.05, 0.1) is 25.1 Å². The summed E-state index contributed by atoms with van der Waals surface area (Å²) in [6.45, 7) is 2.25. The van der Waals surface area contributed by atoms with Gasteiger partial charge in [-0.15, -0.1) is 0 Å². The zero-order valence-electron chi connectivity index (χ0n) is 22.0. The van der Waals surface area contributed by atoms with Crippen molar-refractivity contribution in [2.75, 3.05) is 20.2 Å². The summed E-state index contributed by atoms with van der Waals surface area (Å²) < 4.78 is 5.25. The van der Waals surface area contributed by atoms with Crippen LogP contribution in [0.15, 0.2) is 66.9 Å². The Hall–Kier alpha value is -4.44. The second kappa shape index (κ2) is 12.6. The number of aryl methyl sites for hydroxylation is 1. The topological polar surface area (TPSA) is 129 Å². The molecule has 0 bridgehead atoms. The number of rotatable bonds is 8. The summed E-state index contributed by atoms with van der Waals surface area (Å²) in [6.07, 6.45) is -0.0110. The van der Waals surface area contributed by atoms with Crippen LogP contribution >= 0.6 is 11.6 Å². The molecule has 11 heteroatoms. The van der Waals surface area contributed by atoms with Gasteiger partial charge in [0, 0.05) is 24.8 Å². The number of hydrogen-bond donors (Lipinski definition) is 2. The number of carboxylic acids is 1. The Kier molecular flexibility index (Phi) is 9.00. The van der Waals surface area contributed by atoms with Gasteiger partial charge < -0.3 is 25.0 Å². The van der Waals surface area contributed by atoms with E-state index in [9.17, 15) is 24.3 Å². The summed E-state index contributed by atoms with van der Waals surface area (Å²) in [4.78, 5) is 59.6. The number of nitrogens with one attached hydrogen (secondary N) is 1. The van der Waals surface area contributed by atoms with Crippen LogP contribution in [0.2, 0.25) is 5.15 Å². The Morgan fingerprint density at radius 2 is 1.73 bits per heavy atom. The van der Waals surface area contributed by atoms with Crippen LogP contribution < -0.4 is 10.1 Å². The van der Waals surface area contributed by atoms with Gasteiger partial charge in [-0.25, -0.2) is 4.98 Å². The number of aliphatic carboxylic acids is 1. The third-order valence-electron chi connectivity index (χ3n) is 6.58. The standard InChI is InChI=1S/C29H29ClN4O6/c1-18-6-3-7-19(14-18)23(16-25(35)36)32-26(37)27-33(28(38)20-8-4-9-22(15-20)40-2)12-5-13-34(27)29(39)21-10-11-24(30)31-17-21/h3-4,6-11,14-15,17,23,27H,5,12-13,16H2,1-2H3,(H,32,37)(H,35,36). The second-order valence-corrected chi connectivity index (χ2v) is 9.79. The summed E-state index contributed by atoms with van der Waals surface area (Å²) in [7, 11) is 1.48. The molecule has 10 nitrogen and oxygen atoms in total. The average molecular weight is 565 g/mol. The molecule has 1 aliphatic heterocycles. The fraction of sp³-hybridized carbons (Fsp3) is 0.276. The van der Waals surface area contributed by atoms with Crippen LogP contribution in [0.25, 0.3) is 0 Å². The van der Waals surface area contributed by atoms with E-state index >= 15 is 0 Å². The highest BCUT2D eigenvalue weighted by molar-refractivity contribution is 6.29. The molecular formula is C29H29ClN4O6. The smallest absolute Gasteiger partial charge is 0.305 e. The van der Waals surface area contributed by atoms with Crippen molar-refractivity contribution in [2.24, 2.45) is 0 Å². The van der Waals surface area contributed by atoms with Crippen molar-refractivity contribution in [3.63, 3.8) is 0 Å². The number of halogens is 1. The summed E-state index contributed by atoms with van der Waals surface area (Å²) >= 11 is 5.90. The molecule has 2 unspecified atom stereocenters. The van der Waals surface area contributed by atoms with Crippen molar-refractivity contribution in [1.82, 2.24) is 20.1 Å². The van der Waals surface area contributed by atoms with Crippen LogP contribution in [0.3, 0.4) is 0 Å². The minimum absolute atomic E-state index is 0.190. The van der Waals surface area contributed by atoms with Gasteiger partial charge in [-0.2, -0.15) is 0 Å². The molecule has 0 radical (unpaired) electrons. The van der Waals surface area contributed by atoms with Gasteiger partial charge in [-0.05, 0) is 49.2 Å². The van der Waals surface area contributed by atoms with E-state index in [0.717, 1.165) is 5.56 Å². The number of methoxy groups -OCH3 is 1. The third-order valence-corrected chi connectivity index (χ3v) is 6.80. The van der Waals surface area contributed by atoms with E-state index in [2.05, 4.69) is 10.3 Å². The highest BCUT2D eigenvalue weighted by atomic mass is 35.5. The average Bonchev–Trinajstić information content (AvgIpc) is 2.95. The molecule has 3 aromatic rings. The molecule has 1 aromatic heterocycles. The van der Waals surface area contributed by atoms with Crippen LogP contribution in [0, 0.1) is 6.92 Å².